The first-order chi connectivity index (χ1) is 13.7. The zero-order valence-corrected chi connectivity index (χ0v) is 16.7. The molecule has 2 heterocycles. The molecule has 0 radical (unpaired) electrons. The van der Waals surface area contributed by atoms with Gasteiger partial charge in [0.2, 0.25) is 0 Å². The quantitative estimate of drug-likeness (QED) is 0.745. The second kappa shape index (κ2) is 8.74. The molecule has 0 saturated heterocycles. The monoisotopic (exact) mass is 396 g/mol. The first-order valence-electron chi connectivity index (χ1n) is 10.0. The number of aromatic nitrogens is 2. The largest absolute Gasteiger partial charge is 0.322 e. The normalized spacial score (nSPS) is 17.9. The van der Waals surface area contributed by atoms with E-state index in [2.05, 4.69) is 27.4 Å². The number of nitrogens with one attached hydrogen (secondary N) is 1. The van der Waals surface area contributed by atoms with Crippen LogP contribution in [0.2, 0.25) is 5.15 Å². The molecule has 0 bridgehead atoms. The smallest absolute Gasteiger partial charge is 0.320 e. The summed E-state index contributed by atoms with van der Waals surface area (Å²) in [7, 11) is 0. The minimum atomic E-state index is -0.0778. The van der Waals surface area contributed by atoms with E-state index >= 15 is 0 Å². The van der Waals surface area contributed by atoms with Crippen molar-refractivity contribution in [2.75, 3.05) is 18.4 Å². The fraction of sp³-hybridized carbons (Fsp3) is 0.409. The third-order valence-corrected chi connectivity index (χ3v) is 5.97. The van der Waals surface area contributed by atoms with Crippen LogP contribution >= 0.6 is 11.6 Å². The van der Waals surface area contributed by atoms with Crippen molar-refractivity contribution in [2.24, 2.45) is 0 Å². The van der Waals surface area contributed by atoms with Crippen molar-refractivity contribution in [2.45, 2.75) is 44.4 Å². The van der Waals surface area contributed by atoms with Crippen LogP contribution in [0, 0.1) is 0 Å². The zero-order chi connectivity index (χ0) is 19.3. The highest BCUT2D eigenvalue weighted by molar-refractivity contribution is 6.30. The summed E-state index contributed by atoms with van der Waals surface area (Å²) in [5.74, 6) is 0.678. The van der Waals surface area contributed by atoms with Crippen molar-refractivity contribution in [3.8, 4) is 0 Å². The summed E-state index contributed by atoms with van der Waals surface area (Å²) >= 11 is 6.13. The lowest BCUT2D eigenvalue weighted by Gasteiger charge is -2.27. The first-order valence-corrected chi connectivity index (χ1v) is 10.4. The van der Waals surface area contributed by atoms with E-state index in [1.165, 1.54) is 37.7 Å². The minimum Gasteiger partial charge on any atom is -0.320 e. The Hall–Kier alpha value is -2.40. The van der Waals surface area contributed by atoms with Crippen molar-refractivity contribution in [3.05, 3.63) is 59.1 Å². The number of benzene rings is 1. The van der Waals surface area contributed by atoms with Gasteiger partial charge in [0.1, 0.15) is 5.69 Å². The maximum Gasteiger partial charge on any atom is 0.322 e. The van der Waals surface area contributed by atoms with Crippen LogP contribution in [0.3, 0.4) is 0 Å². The second-order valence-corrected chi connectivity index (χ2v) is 7.87. The summed E-state index contributed by atoms with van der Waals surface area (Å²) in [5.41, 5.74) is 3.99. The Morgan fingerprint density at radius 3 is 2.50 bits per heavy atom. The molecular weight excluding hydrogens is 372 g/mol. The fourth-order valence-corrected chi connectivity index (χ4v) is 4.31. The molecular formula is C22H25ClN4O. The molecule has 1 N–H and O–H groups in total. The Bertz CT molecular complexity index is 859. The summed E-state index contributed by atoms with van der Waals surface area (Å²) in [6.07, 6.45) is 12.5. The van der Waals surface area contributed by atoms with Gasteiger partial charge in [-0.15, -0.1) is 0 Å². The molecule has 2 aliphatic rings. The zero-order valence-electron chi connectivity index (χ0n) is 15.9. The molecule has 2 amide bonds. The number of urea groups is 1. The minimum absolute atomic E-state index is 0.0778. The highest BCUT2D eigenvalue weighted by atomic mass is 35.5. The molecule has 1 fully saturated rings. The molecule has 1 aromatic heterocycles. The van der Waals surface area contributed by atoms with E-state index < -0.39 is 0 Å². The second-order valence-electron chi connectivity index (χ2n) is 7.51. The molecule has 2 aromatic rings. The molecule has 6 heteroatoms. The van der Waals surface area contributed by atoms with Crippen LogP contribution < -0.4 is 5.32 Å². The van der Waals surface area contributed by atoms with E-state index in [-0.39, 0.29) is 6.03 Å². The molecule has 1 aliphatic heterocycles. The Labute approximate surface area is 170 Å². The SMILES string of the molecule is O=C(Nc1ccc(C2CCCCC2)cc1)N1CC=C(c2nccnc2Cl)CC1. The predicted octanol–water partition coefficient (Wildman–Crippen LogP) is 5.50. The van der Waals surface area contributed by atoms with E-state index in [4.69, 9.17) is 11.6 Å². The molecule has 5 nitrogen and oxygen atoms in total. The lowest BCUT2D eigenvalue weighted by molar-refractivity contribution is 0.217. The molecule has 4 rings (SSSR count). The molecule has 0 unspecified atom stereocenters. The molecule has 1 saturated carbocycles. The van der Waals surface area contributed by atoms with E-state index in [1.807, 2.05) is 18.2 Å². The molecule has 1 aromatic carbocycles. The fourth-order valence-electron chi connectivity index (χ4n) is 4.08. The topological polar surface area (TPSA) is 58.1 Å². The number of amides is 2. The Morgan fingerprint density at radius 2 is 1.82 bits per heavy atom. The number of rotatable bonds is 3. The third-order valence-electron chi connectivity index (χ3n) is 5.69. The highest BCUT2D eigenvalue weighted by Crippen LogP contribution is 2.33. The van der Waals surface area contributed by atoms with Crippen molar-refractivity contribution >= 4 is 28.9 Å². The van der Waals surface area contributed by atoms with Gasteiger partial charge in [0.15, 0.2) is 5.15 Å². The number of hydrogen-bond acceptors (Lipinski definition) is 3. The number of carbonyl (C=O) groups excluding carboxylic acids is 1. The van der Waals surface area contributed by atoms with Gasteiger partial charge in [-0.3, -0.25) is 4.98 Å². The average Bonchev–Trinajstić information content (AvgIpc) is 2.75. The van der Waals surface area contributed by atoms with Gasteiger partial charge in [-0.05, 0) is 48.4 Å². The first kappa shape index (κ1) is 18.9. The summed E-state index contributed by atoms with van der Waals surface area (Å²) < 4.78 is 0. The van der Waals surface area contributed by atoms with Gasteiger partial charge >= 0.3 is 6.03 Å². The van der Waals surface area contributed by atoms with Crippen LogP contribution in [0.25, 0.3) is 5.57 Å². The van der Waals surface area contributed by atoms with Gasteiger partial charge < -0.3 is 10.2 Å². The van der Waals surface area contributed by atoms with E-state index in [0.717, 1.165) is 11.3 Å². The van der Waals surface area contributed by atoms with Crippen LogP contribution in [0.15, 0.2) is 42.7 Å². The number of anilines is 1. The van der Waals surface area contributed by atoms with E-state index in [9.17, 15) is 4.79 Å². The van der Waals surface area contributed by atoms with E-state index in [0.29, 0.717) is 36.3 Å². The predicted molar refractivity (Wildman–Crippen MR) is 112 cm³/mol. The molecule has 28 heavy (non-hydrogen) atoms. The standard InChI is InChI=1S/C22H25ClN4O/c23-21-20(24-12-13-25-21)18-10-14-27(15-11-18)22(28)26-19-8-6-17(7-9-19)16-4-2-1-3-5-16/h6-10,12-13,16H,1-5,11,14-15H2,(H,26,28). The van der Waals surface area contributed by atoms with Crippen LogP contribution in [0.1, 0.15) is 55.7 Å². The van der Waals surface area contributed by atoms with Gasteiger partial charge in [0, 0.05) is 31.2 Å². The summed E-state index contributed by atoms with van der Waals surface area (Å²) in [5, 5.41) is 3.42. The number of hydrogen-bond donors (Lipinski definition) is 1. The Kier molecular flexibility index (Phi) is 5.91. The van der Waals surface area contributed by atoms with Gasteiger partial charge in [-0.1, -0.05) is 49.1 Å². The Morgan fingerprint density at radius 1 is 1.07 bits per heavy atom. The van der Waals surface area contributed by atoms with Crippen molar-refractivity contribution in [1.82, 2.24) is 14.9 Å². The van der Waals surface area contributed by atoms with Gasteiger partial charge in [0.05, 0.1) is 0 Å². The Balaban J connectivity index is 1.35. The lowest BCUT2D eigenvalue weighted by atomic mass is 9.84. The van der Waals surface area contributed by atoms with Gasteiger partial charge in [0.25, 0.3) is 0 Å². The highest BCUT2D eigenvalue weighted by Gasteiger charge is 2.20. The van der Waals surface area contributed by atoms with E-state index in [1.54, 1.807) is 17.3 Å². The van der Waals surface area contributed by atoms with Gasteiger partial charge in [-0.25, -0.2) is 9.78 Å². The molecule has 0 atom stereocenters. The summed E-state index contributed by atoms with van der Waals surface area (Å²) in [6, 6.07) is 8.29. The number of carbonyl (C=O) groups is 1. The molecule has 1 aliphatic carbocycles. The van der Waals surface area contributed by atoms with Gasteiger partial charge in [-0.2, -0.15) is 0 Å². The lowest BCUT2D eigenvalue weighted by Crippen LogP contribution is -2.38. The summed E-state index contributed by atoms with van der Waals surface area (Å²) in [6.45, 7) is 1.17. The summed E-state index contributed by atoms with van der Waals surface area (Å²) in [4.78, 5) is 22.8. The van der Waals surface area contributed by atoms with Crippen molar-refractivity contribution < 1.29 is 4.79 Å². The molecule has 146 valence electrons. The van der Waals surface area contributed by atoms with Crippen LogP contribution in [0.4, 0.5) is 10.5 Å². The van der Waals surface area contributed by atoms with Crippen LogP contribution in [0.5, 0.6) is 0 Å². The molecule has 0 spiro atoms. The maximum atomic E-state index is 12.6. The van der Waals surface area contributed by atoms with Crippen molar-refractivity contribution in [1.29, 1.82) is 0 Å². The van der Waals surface area contributed by atoms with Crippen LogP contribution in [-0.4, -0.2) is 34.0 Å². The number of halogens is 1. The van der Waals surface area contributed by atoms with Crippen molar-refractivity contribution in [3.63, 3.8) is 0 Å². The maximum absolute atomic E-state index is 12.6. The third kappa shape index (κ3) is 4.36. The number of nitrogens with zero attached hydrogens (tertiary/aromatic N) is 3. The van der Waals surface area contributed by atoms with Crippen LogP contribution in [-0.2, 0) is 0 Å². The average molecular weight is 397 g/mol.